The number of ether oxygens (including phenoxy) is 1. The maximum atomic E-state index is 6.27. The molecular weight excluding hydrogens is 373 g/mol. The van der Waals surface area contributed by atoms with E-state index in [1.165, 1.54) is 5.56 Å². The molecular formula is C16H14BrCl2NO. The lowest BCUT2D eigenvalue weighted by Crippen LogP contribution is -2.19. The highest BCUT2D eigenvalue weighted by Crippen LogP contribution is 2.40. The van der Waals surface area contributed by atoms with Crippen molar-refractivity contribution in [3.63, 3.8) is 0 Å². The number of benzene rings is 2. The van der Waals surface area contributed by atoms with Gasteiger partial charge in [-0.3, -0.25) is 0 Å². The van der Waals surface area contributed by atoms with Crippen LogP contribution in [0.1, 0.15) is 22.7 Å². The third-order valence-corrected chi connectivity index (χ3v) is 4.79. The van der Waals surface area contributed by atoms with Gasteiger partial charge in [-0.1, -0.05) is 45.2 Å². The summed E-state index contributed by atoms with van der Waals surface area (Å²) >= 11 is 15.9. The van der Waals surface area contributed by atoms with E-state index in [4.69, 9.17) is 27.9 Å². The van der Waals surface area contributed by atoms with Crippen LogP contribution in [-0.2, 0) is 6.42 Å². The summed E-state index contributed by atoms with van der Waals surface area (Å²) < 4.78 is 6.77. The lowest BCUT2D eigenvalue weighted by atomic mass is 9.96. The molecule has 0 aliphatic carbocycles. The maximum Gasteiger partial charge on any atom is 0.127 e. The number of hydrogen-bond donors (Lipinski definition) is 1. The molecule has 1 aliphatic rings. The molecule has 0 fully saturated rings. The van der Waals surface area contributed by atoms with Crippen LogP contribution >= 0.6 is 39.1 Å². The second-order valence-electron chi connectivity index (χ2n) is 4.97. The molecule has 21 heavy (non-hydrogen) atoms. The van der Waals surface area contributed by atoms with E-state index in [0.717, 1.165) is 32.8 Å². The van der Waals surface area contributed by atoms with Gasteiger partial charge < -0.3 is 10.1 Å². The van der Waals surface area contributed by atoms with Gasteiger partial charge in [-0.15, -0.1) is 0 Å². The van der Waals surface area contributed by atoms with E-state index in [-0.39, 0.29) is 6.04 Å². The van der Waals surface area contributed by atoms with Gasteiger partial charge in [0.25, 0.3) is 0 Å². The van der Waals surface area contributed by atoms with Gasteiger partial charge >= 0.3 is 0 Å². The lowest BCUT2D eigenvalue weighted by Gasteiger charge is -2.21. The summed E-state index contributed by atoms with van der Waals surface area (Å²) in [6.45, 7) is 0.709. The summed E-state index contributed by atoms with van der Waals surface area (Å²) in [5.74, 6) is 0.945. The Morgan fingerprint density at radius 3 is 2.67 bits per heavy atom. The number of hydrogen-bond acceptors (Lipinski definition) is 2. The maximum absolute atomic E-state index is 6.27. The van der Waals surface area contributed by atoms with E-state index in [9.17, 15) is 0 Å². The molecule has 1 aliphatic heterocycles. The molecule has 2 aromatic rings. The van der Waals surface area contributed by atoms with Crippen molar-refractivity contribution < 1.29 is 4.74 Å². The van der Waals surface area contributed by atoms with Crippen molar-refractivity contribution in [3.8, 4) is 5.75 Å². The van der Waals surface area contributed by atoms with Crippen molar-refractivity contribution in [2.24, 2.45) is 0 Å². The zero-order valence-electron chi connectivity index (χ0n) is 11.4. The Kier molecular flexibility index (Phi) is 4.46. The second-order valence-corrected chi connectivity index (χ2v) is 6.70. The zero-order chi connectivity index (χ0) is 15.0. The zero-order valence-corrected chi connectivity index (χ0v) is 14.5. The van der Waals surface area contributed by atoms with Gasteiger partial charge in [0.15, 0.2) is 0 Å². The minimum Gasteiger partial charge on any atom is -0.493 e. The van der Waals surface area contributed by atoms with Gasteiger partial charge in [0.05, 0.1) is 12.6 Å². The quantitative estimate of drug-likeness (QED) is 0.801. The number of halogens is 3. The van der Waals surface area contributed by atoms with E-state index in [1.807, 2.05) is 37.4 Å². The number of nitrogens with one attached hydrogen (secondary N) is 1. The minimum absolute atomic E-state index is 0.0119. The smallest absolute Gasteiger partial charge is 0.127 e. The first-order valence-corrected chi connectivity index (χ1v) is 8.22. The van der Waals surface area contributed by atoms with Crippen LogP contribution < -0.4 is 10.1 Å². The van der Waals surface area contributed by atoms with Crippen molar-refractivity contribution >= 4 is 39.1 Å². The summed E-state index contributed by atoms with van der Waals surface area (Å²) in [5, 5.41) is 4.78. The number of fused-ring (bicyclic) bond motifs is 1. The number of rotatable bonds is 3. The normalized spacial score (nSPS) is 14.7. The van der Waals surface area contributed by atoms with Crippen molar-refractivity contribution in [2.75, 3.05) is 13.7 Å². The molecule has 3 rings (SSSR count). The Morgan fingerprint density at radius 2 is 1.95 bits per heavy atom. The van der Waals surface area contributed by atoms with Gasteiger partial charge in [0.2, 0.25) is 0 Å². The van der Waals surface area contributed by atoms with Crippen LogP contribution in [0.25, 0.3) is 0 Å². The van der Waals surface area contributed by atoms with E-state index in [2.05, 4.69) is 21.2 Å². The first-order valence-electron chi connectivity index (χ1n) is 6.67. The summed E-state index contributed by atoms with van der Waals surface area (Å²) in [5.41, 5.74) is 3.32. The van der Waals surface area contributed by atoms with Crippen LogP contribution in [0.3, 0.4) is 0 Å². The van der Waals surface area contributed by atoms with Crippen LogP contribution in [-0.4, -0.2) is 13.7 Å². The molecule has 5 heteroatoms. The predicted octanol–water partition coefficient (Wildman–Crippen LogP) is 5.00. The molecule has 0 radical (unpaired) electrons. The van der Waals surface area contributed by atoms with Crippen molar-refractivity contribution in [1.29, 1.82) is 0 Å². The van der Waals surface area contributed by atoms with Gasteiger partial charge in [-0.25, -0.2) is 0 Å². The molecule has 1 heterocycles. The molecule has 1 N–H and O–H groups in total. The molecule has 2 aromatic carbocycles. The highest BCUT2D eigenvalue weighted by molar-refractivity contribution is 9.10. The SMILES string of the molecule is CNC(c1ccc(Cl)cc1Br)c1cc(Cl)cc2c1OCC2. The summed E-state index contributed by atoms with van der Waals surface area (Å²) in [6.07, 6.45) is 0.904. The Bertz CT molecular complexity index is 690. The monoisotopic (exact) mass is 385 g/mol. The standard InChI is InChI=1S/C16H14BrCl2NO/c1-20-15(12-3-2-10(18)8-14(12)17)13-7-11(19)6-9-4-5-21-16(9)13/h2-3,6-8,15,20H,4-5H2,1H3. The van der Waals surface area contributed by atoms with Crippen molar-refractivity contribution in [2.45, 2.75) is 12.5 Å². The van der Waals surface area contributed by atoms with Gasteiger partial charge in [0, 0.05) is 26.5 Å². The molecule has 1 unspecified atom stereocenters. The van der Waals surface area contributed by atoms with E-state index < -0.39 is 0 Å². The first-order chi connectivity index (χ1) is 10.1. The first kappa shape index (κ1) is 15.2. The Morgan fingerprint density at radius 1 is 1.14 bits per heavy atom. The molecule has 1 atom stereocenters. The molecule has 0 saturated carbocycles. The van der Waals surface area contributed by atoms with Crippen LogP contribution in [0.4, 0.5) is 0 Å². The highest BCUT2D eigenvalue weighted by Gasteiger charge is 2.24. The van der Waals surface area contributed by atoms with E-state index in [0.29, 0.717) is 11.6 Å². The Hall–Kier alpha value is -0.740. The molecule has 110 valence electrons. The fourth-order valence-electron chi connectivity index (χ4n) is 2.73. The summed E-state index contributed by atoms with van der Waals surface area (Å²) in [4.78, 5) is 0. The molecule has 0 aromatic heterocycles. The summed E-state index contributed by atoms with van der Waals surface area (Å²) in [6, 6.07) is 9.73. The van der Waals surface area contributed by atoms with Crippen LogP contribution in [0.5, 0.6) is 5.75 Å². The average Bonchev–Trinajstić information content (AvgIpc) is 2.89. The van der Waals surface area contributed by atoms with E-state index >= 15 is 0 Å². The van der Waals surface area contributed by atoms with Crippen LogP contribution in [0.2, 0.25) is 10.0 Å². The van der Waals surface area contributed by atoms with Crippen molar-refractivity contribution in [3.05, 3.63) is 61.5 Å². The third kappa shape index (κ3) is 2.93. The van der Waals surface area contributed by atoms with Crippen molar-refractivity contribution in [1.82, 2.24) is 5.32 Å². The van der Waals surface area contributed by atoms with Crippen LogP contribution in [0, 0.1) is 0 Å². The largest absolute Gasteiger partial charge is 0.493 e. The molecule has 0 spiro atoms. The molecule has 0 bridgehead atoms. The Balaban J connectivity index is 2.13. The highest BCUT2D eigenvalue weighted by atomic mass is 79.9. The fourth-order valence-corrected chi connectivity index (χ4v) is 3.89. The lowest BCUT2D eigenvalue weighted by molar-refractivity contribution is 0.351. The molecule has 0 amide bonds. The summed E-state index contributed by atoms with van der Waals surface area (Å²) in [7, 11) is 1.92. The molecule has 2 nitrogen and oxygen atoms in total. The average molecular weight is 387 g/mol. The van der Waals surface area contributed by atoms with Gasteiger partial charge in [-0.2, -0.15) is 0 Å². The molecule has 0 saturated heterocycles. The van der Waals surface area contributed by atoms with E-state index in [1.54, 1.807) is 0 Å². The van der Waals surface area contributed by atoms with Gasteiger partial charge in [-0.05, 0) is 42.4 Å². The van der Waals surface area contributed by atoms with Gasteiger partial charge in [0.1, 0.15) is 5.75 Å². The fraction of sp³-hybridized carbons (Fsp3) is 0.250. The minimum atomic E-state index is -0.0119. The third-order valence-electron chi connectivity index (χ3n) is 3.65. The van der Waals surface area contributed by atoms with Crippen LogP contribution in [0.15, 0.2) is 34.8 Å². The Labute approximate surface area is 142 Å². The second kappa shape index (κ2) is 6.17. The topological polar surface area (TPSA) is 21.3 Å². The predicted molar refractivity (Wildman–Crippen MR) is 90.7 cm³/mol.